The van der Waals surface area contributed by atoms with Crippen LogP contribution in [0.4, 0.5) is 0 Å². The molecule has 0 atom stereocenters. The van der Waals surface area contributed by atoms with Crippen molar-refractivity contribution in [2.75, 3.05) is 0 Å². The van der Waals surface area contributed by atoms with Crippen molar-refractivity contribution in [2.24, 2.45) is 0 Å². The molecule has 1 heterocycles. The van der Waals surface area contributed by atoms with Gasteiger partial charge in [0.15, 0.2) is 12.4 Å². The summed E-state index contributed by atoms with van der Waals surface area (Å²) < 4.78 is 0. The highest BCUT2D eigenvalue weighted by Crippen LogP contribution is 2.22. The number of hydrogen-bond donors (Lipinski definition) is 1. The molecule has 0 bridgehead atoms. The first-order chi connectivity index (χ1) is 8.66. The lowest BCUT2D eigenvalue weighted by molar-refractivity contribution is -0.378. The van der Waals surface area contributed by atoms with Crippen LogP contribution in [-0.4, -0.2) is 5.91 Å². The van der Waals surface area contributed by atoms with E-state index in [1.807, 2.05) is 24.5 Å². The number of pyridine rings is 1. The van der Waals surface area contributed by atoms with Crippen LogP contribution in [0.25, 0.3) is 0 Å². The molecule has 2 aromatic rings. The predicted octanol–water partition coefficient (Wildman–Crippen LogP) is 2.74. The maximum Gasteiger partial charge on any atom is 0.251 e. The summed E-state index contributed by atoms with van der Waals surface area (Å²) in [5, 5.41) is 3.61. The van der Waals surface area contributed by atoms with Crippen molar-refractivity contribution >= 4 is 29.1 Å². The minimum atomic E-state index is -0.183. The van der Waals surface area contributed by atoms with Gasteiger partial charge in [0.1, 0.15) is 0 Å². The molecule has 2 N–H and O–H groups in total. The molecular formula is C13H11Cl2N2O+. The third-order valence-corrected chi connectivity index (χ3v) is 3.15. The molecule has 0 aliphatic heterocycles. The number of nitrogens with one attached hydrogen (secondary N) is 2. The van der Waals surface area contributed by atoms with E-state index in [0.717, 1.165) is 5.56 Å². The van der Waals surface area contributed by atoms with Crippen LogP contribution in [0.15, 0.2) is 42.7 Å². The van der Waals surface area contributed by atoms with E-state index in [2.05, 4.69) is 10.3 Å². The van der Waals surface area contributed by atoms with E-state index in [0.29, 0.717) is 22.2 Å². The average Bonchev–Trinajstić information content (AvgIpc) is 2.40. The number of aromatic nitrogens is 1. The first kappa shape index (κ1) is 12.9. The molecule has 0 aliphatic rings. The van der Waals surface area contributed by atoms with Crippen LogP contribution in [0, 0.1) is 0 Å². The minimum absolute atomic E-state index is 0.183. The van der Waals surface area contributed by atoms with Gasteiger partial charge in [-0.25, -0.2) is 4.98 Å². The Kier molecular flexibility index (Phi) is 4.18. The van der Waals surface area contributed by atoms with Crippen LogP contribution in [0.2, 0.25) is 10.0 Å². The van der Waals surface area contributed by atoms with E-state index in [9.17, 15) is 4.79 Å². The molecule has 92 valence electrons. The van der Waals surface area contributed by atoms with Crippen molar-refractivity contribution < 1.29 is 9.78 Å². The lowest BCUT2D eigenvalue weighted by Crippen LogP contribution is -2.23. The largest absolute Gasteiger partial charge is 0.348 e. The molecule has 0 unspecified atom stereocenters. The lowest BCUT2D eigenvalue weighted by atomic mass is 10.2. The van der Waals surface area contributed by atoms with Crippen LogP contribution in [-0.2, 0) is 6.54 Å². The second-order valence-corrected chi connectivity index (χ2v) is 4.54. The van der Waals surface area contributed by atoms with Gasteiger partial charge >= 0.3 is 0 Å². The second kappa shape index (κ2) is 5.85. The number of rotatable bonds is 3. The molecule has 0 fully saturated rings. The summed E-state index contributed by atoms with van der Waals surface area (Å²) in [4.78, 5) is 14.8. The van der Waals surface area contributed by atoms with E-state index in [1.165, 1.54) is 0 Å². The Labute approximate surface area is 115 Å². The topological polar surface area (TPSA) is 43.2 Å². The Morgan fingerprint density at radius 1 is 1.22 bits per heavy atom. The molecule has 18 heavy (non-hydrogen) atoms. The van der Waals surface area contributed by atoms with Gasteiger partial charge in [0.2, 0.25) is 0 Å². The highest BCUT2D eigenvalue weighted by molar-refractivity contribution is 6.42. The minimum Gasteiger partial charge on any atom is -0.348 e. The Bertz CT molecular complexity index is 558. The number of amides is 1. The number of carbonyl (C=O) groups excluding carboxylic acids is 1. The fourth-order valence-electron chi connectivity index (χ4n) is 1.46. The molecule has 3 nitrogen and oxygen atoms in total. The summed E-state index contributed by atoms with van der Waals surface area (Å²) in [7, 11) is 0. The summed E-state index contributed by atoms with van der Waals surface area (Å²) in [6.07, 6.45) is 3.64. The molecule has 0 saturated carbocycles. The Hall–Kier alpha value is -1.58. The molecule has 1 aromatic carbocycles. The molecule has 5 heteroatoms. The Morgan fingerprint density at radius 2 is 2.06 bits per heavy atom. The van der Waals surface area contributed by atoms with E-state index < -0.39 is 0 Å². The molecule has 0 radical (unpaired) electrons. The quantitative estimate of drug-likeness (QED) is 0.924. The number of halogens is 2. The molecule has 0 aliphatic carbocycles. The van der Waals surface area contributed by atoms with E-state index in [-0.39, 0.29) is 5.91 Å². The third-order valence-electron chi connectivity index (χ3n) is 2.41. The van der Waals surface area contributed by atoms with Crippen molar-refractivity contribution in [1.29, 1.82) is 0 Å². The monoisotopic (exact) mass is 281 g/mol. The van der Waals surface area contributed by atoms with Gasteiger partial charge in [-0.2, -0.15) is 0 Å². The second-order valence-electron chi connectivity index (χ2n) is 3.72. The average molecular weight is 282 g/mol. The van der Waals surface area contributed by atoms with E-state index in [1.54, 1.807) is 18.2 Å². The summed E-state index contributed by atoms with van der Waals surface area (Å²) in [5.74, 6) is -0.183. The molecule has 1 amide bonds. The number of benzene rings is 1. The van der Waals surface area contributed by atoms with Gasteiger partial charge in [-0.05, 0) is 24.3 Å². The zero-order chi connectivity index (χ0) is 13.0. The maximum absolute atomic E-state index is 11.9. The van der Waals surface area contributed by atoms with Gasteiger partial charge in [-0.15, -0.1) is 0 Å². The van der Waals surface area contributed by atoms with Gasteiger partial charge in [-0.1, -0.05) is 23.2 Å². The molecule has 1 aromatic heterocycles. The first-order valence-corrected chi connectivity index (χ1v) is 6.10. The fourth-order valence-corrected chi connectivity index (χ4v) is 1.76. The van der Waals surface area contributed by atoms with E-state index in [4.69, 9.17) is 23.2 Å². The van der Waals surface area contributed by atoms with Gasteiger partial charge < -0.3 is 5.32 Å². The third kappa shape index (κ3) is 3.22. The molecule has 0 saturated heterocycles. The number of H-pyrrole nitrogens is 1. The summed E-state index contributed by atoms with van der Waals surface area (Å²) in [6, 6.07) is 8.60. The van der Waals surface area contributed by atoms with Crippen molar-refractivity contribution in [3.8, 4) is 0 Å². The maximum atomic E-state index is 11.9. The molecule has 0 spiro atoms. The van der Waals surface area contributed by atoms with Gasteiger partial charge in [-0.3, -0.25) is 4.79 Å². The normalized spacial score (nSPS) is 10.1. The fraction of sp³-hybridized carbons (Fsp3) is 0.0769. The first-order valence-electron chi connectivity index (χ1n) is 5.35. The van der Waals surface area contributed by atoms with Crippen molar-refractivity contribution in [2.45, 2.75) is 6.54 Å². The zero-order valence-electron chi connectivity index (χ0n) is 9.41. The smallest absolute Gasteiger partial charge is 0.251 e. The van der Waals surface area contributed by atoms with Crippen LogP contribution in [0.3, 0.4) is 0 Å². The number of aromatic amines is 1. The Morgan fingerprint density at radius 3 is 2.72 bits per heavy atom. The lowest BCUT2D eigenvalue weighted by Gasteiger charge is -2.05. The highest BCUT2D eigenvalue weighted by atomic mass is 35.5. The van der Waals surface area contributed by atoms with Gasteiger partial charge in [0.05, 0.1) is 10.0 Å². The zero-order valence-corrected chi connectivity index (χ0v) is 10.9. The molecular weight excluding hydrogens is 271 g/mol. The standard InChI is InChI=1S/C13H10Cl2N2O/c14-11-4-3-10(6-12(11)15)13(18)17-8-9-2-1-5-16-7-9/h1-7H,8H2,(H,17,18)/p+1. The van der Waals surface area contributed by atoms with Crippen LogP contribution >= 0.6 is 23.2 Å². The van der Waals surface area contributed by atoms with E-state index >= 15 is 0 Å². The predicted molar refractivity (Wildman–Crippen MR) is 70.6 cm³/mol. The van der Waals surface area contributed by atoms with Crippen molar-refractivity contribution in [3.05, 3.63) is 63.9 Å². The Balaban J connectivity index is 2.02. The van der Waals surface area contributed by atoms with Crippen LogP contribution in [0.5, 0.6) is 0 Å². The number of hydrogen-bond acceptors (Lipinski definition) is 1. The van der Waals surface area contributed by atoms with Crippen molar-refractivity contribution in [3.63, 3.8) is 0 Å². The number of carbonyl (C=O) groups is 1. The summed E-state index contributed by atoms with van der Waals surface area (Å²) in [5.41, 5.74) is 1.48. The van der Waals surface area contributed by atoms with Gasteiger partial charge in [0, 0.05) is 23.7 Å². The van der Waals surface area contributed by atoms with Crippen molar-refractivity contribution in [1.82, 2.24) is 5.32 Å². The highest BCUT2D eigenvalue weighted by Gasteiger charge is 2.08. The van der Waals surface area contributed by atoms with Crippen LogP contribution < -0.4 is 10.3 Å². The summed E-state index contributed by atoms with van der Waals surface area (Å²) >= 11 is 11.6. The van der Waals surface area contributed by atoms with Gasteiger partial charge in [0.25, 0.3) is 5.91 Å². The van der Waals surface area contributed by atoms with Crippen LogP contribution in [0.1, 0.15) is 15.9 Å². The SMILES string of the molecule is O=C(NCc1ccc[nH+]c1)c1ccc(Cl)c(Cl)c1. The summed E-state index contributed by atoms with van der Waals surface area (Å²) in [6.45, 7) is 0.455. The molecule has 2 rings (SSSR count).